The van der Waals surface area contributed by atoms with Gasteiger partial charge in [0.25, 0.3) is 5.56 Å². The van der Waals surface area contributed by atoms with Crippen LogP contribution in [-0.2, 0) is 19.5 Å². The van der Waals surface area contributed by atoms with Crippen LogP contribution >= 0.6 is 0 Å². The number of fused-ring (bicyclic) bond motifs is 1. The van der Waals surface area contributed by atoms with Crippen molar-refractivity contribution in [2.24, 2.45) is 0 Å². The highest BCUT2D eigenvalue weighted by Crippen LogP contribution is 2.16. The molecule has 8 nitrogen and oxygen atoms in total. The summed E-state index contributed by atoms with van der Waals surface area (Å²) in [5, 5.41) is 0. The number of aromatic nitrogens is 4. The molecule has 0 radical (unpaired) electrons. The first-order chi connectivity index (χ1) is 9.61. The smallest absolute Gasteiger partial charge is 0.257 e. The number of rotatable bonds is 2. The second kappa shape index (κ2) is 4.89. The van der Waals surface area contributed by atoms with Crippen LogP contribution in [0.15, 0.2) is 17.2 Å². The van der Waals surface area contributed by atoms with Gasteiger partial charge in [0.15, 0.2) is 0 Å². The van der Waals surface area contributed by atoms with E-state index in [-0.39, 0.29) is 17.5 Å². The van der Waals surface area contributed by atoms with Gasteiger partial charge < -0.3 is 11.5 Å². The molecule has 104 valence electrons. The van der Waals surface area contributed by atoms with E-state index in [0.717, 1.165) is 17.8 Å². The molecular weight excluding hydrogens is 258 g/mol. The van der Waals surface area contributed by atoms with Gasteiger partial charge in [-0.25, -0.2) is 15.0 Å². The third-order valence-corrected chi connectivity index (χ3v) is 3.30. The zero-order valence-electron chi connectivity index (χ0n) is 10.8. The fraction of sp³-hybridized carbons (Fsp3) is 0.333. The Morgan fingerprint density at radius 1 is 1.30 bits per heavy atom. The topological polar surface area (TPSA) is 127 Å². The minimum absolute atomic E-state index is 0.161. The molecule has 1 aliphatic rings. The van der Waals surface area contributed by atoms with E-state index in [4.69, 9.17) is 11.5 Å². The Morgan fingerprint density at radius 3 is 2.80 bits per heavy atom. The van der Waals surface area contributed by atoms with Gasteiger partial charge in [-0.05, 0) is 0 Å². The summed E-state index contributed by atoms with van der Waals surface area (Å²) >= 11 is 0. The van der Waals surface area contributed by atoms with Crippen molar-refractivity contribution >= 4 is 11.9 Å². The van der Waals surface area contributed by atoms with Crippen LogP contribution in [0.25, 0.3) is 0 Å². The first kappa shape index (κ1) is 12.5. The quantitative estimate of drug-likeness (QED) is 0.659. The average Bonchev–Trinajstić information content (AvgIpc) is 2.42. The number of hydrogen-bond acceptors (Lipinski definition) is 7. The Hall–Kier alpha value is -2.48. The molecule has 2 aromatic heterocycles. The van der Waals surface area contributed by atoms with Crippen LogP contribution in [0.5, 0.6) is 0 Å². The largest absolute Gasteiger partial charge is 0.369 e. The molecule has 3 rings (SSSR count). The number of nitrogen functional groups attached to an aromatic ring is 2. The van der Waals surface area contributed by atoms with E-state index in [1.807, 2.05) is 0 Å². The molecule has 0 bridgehead atoms. The minimum atomic E-state index is -0.161. The van der Waals surface area contributed by atoms with Crippen molar-refractivity contribution in [3.05, 3.63) is 39.6 Å². The summed E-state index contributed by atoms with van der Waals surface area (Å²) in [6, 6.07) is 0. The Balaban J connectivity index is 1.79. The summed E-state index contributed by atoms with van der Waals surface area (Å²) in [7, 11) is 0. The lowest BCUT2D eigenvalue weighted by Gasteiger charge is -2.27. The van der Waals surface area contributed by atoms with Crippen molar-refractivity contribution in [3.63, 3.8) is 0 Å². The summed E-state index contributed by atoms with van der Waals surface area (Å²) in [6.45, 7) is 2.03. The highest BCUT2D eigenvalue weighted by molar-refractivity contribution is 5.27. The van der Waals surface area contributed by atoms with Gasteiger partial charge in [-0.3, -0.25) is 14.7 Å². The molecule has 1 aliphatic heterocycles. The lowest BCUT2D eigenvalue weighted by atomic mass is 10.1. The van der Waals surface area contributed by atoms with Crippen molar-refractivity contribution < 1.29 is 0 Å². The number of nitrogens with zero attached hydrogens (tertiary/aromatic N) is 4. The van der Waals surface area contributed by atoms with Crippen LogP contribution < -0.4 is 17.0 Å². The van der Waals surface area contributed by atoms with Crippen LogP contribution in [0.3, 0.4) is 0 Å². The van der Waals surface area contributed by atoms with E-state index >= 15 is 0 Å². The van der Waals surface area contributed by atoms with Gasteiger partial charge in [0.2, 0.25) is 11.9 Å². The highest BCUT2D eigenvalue weighted by Gasteiger charge is 2.20. The molecule has 5 N–H and O–H groups in total. The molecule has 8 heteroatoms. The molecule has 0 atom stereocenters. The van der Waals surface area contributed by atoms with Crippen LogP contribution in [0.1, 0.15) is 16.8 Å². The van der Waals surface area contributed by atoms with Gasteiger partial charge in [-0.15, -0.1) is 0 Å². The number of anilines is 2. The number of H-pyrrole nitrogens is 1. The Bertz CT molecular complexity index is 679. The van der Waals surface area contributed by atoms with Crippen molar-refractivity contribution in [2.45, 2.75) is 19.5 Å². The Labute approximate surface area is 114 Å². The molecule has 3 heterocycles. The molecule has 0 fully saturated rings. The maximum Gasteiger partial charge on any atom is 0.257 e. The van der Waals surface area contributed by atoms with Crippen LogP contribution in [0, 0.1) is 0 Å². The number of nitrogens with two attached hydrogens (primary N) is 2. The second-order valence-corrected chi connectivity index (χ2v) is 4.79. The zero-order chi connectivity index (χ0) is 14.1. The maximum atomic E-state index is 11.9. The van der Waals surface area contributed by atoms with Crippen molar-refractivity contribution in [1.29, 1.82) is 0 Å². The first-order valence-electron chi connectivity index (χ1n) is 6.28. The molecule has 0 unspecified atom stereocenters. The van der Waals surface area contributed by atoms with Gasteiger partial charge in [-0.2, -0.15) is 0 Å². The van der Waals surface area contributed by atoms with Crippen molar-refractivity contribution in [1.82, 2.24) is 24.8 Å². The SMILES string of the molecule is Nc1ncc(CN2CCc3nc(N)[nH]c(=O)c3C2)cn1. The number of aromatic amines is 1. The van der Waals surface area contributed by atoms with Crippen molar-refractivity contribution in [2.75, 3.05) is 18.0 Å². The average molecular weight is 273 g/mol. The molecule has 0 saturated heterocycles. The third kappa shape index (κ3) is 2.45. The maximum absolute atomic E-state index is 11.9. The predicted octanol–water partition coefficient (Wildman–Crippen LogP) is -0.717. The molecule has 0 amide bonds. The monoisotopic (exact) mass is 273 g/mol. The van der Waals surface area contributed by atoms with E-state index in [1.165, 1.54) is 0 Å². The third-order valence-electron chi connectivity index (χ3n) is 3.30. The summed E-state index contributed by atoms with van der Waals surface area (Å²) in [5.41, 5.74) is 13.3. The highest BCUT2D eigenvalue weighted by atomic mass is 16.1. The van der Waals surface area contributed by atoms with E-state index in [2.05, 4.69) is 24.8 Å². The molecule has 20 heavy (non-hydrogen) atoms. The Morgan fingerprint density at radius 2 is 2.05 bits per heavy atom. The first-order valence-corrected chi connectivity index (χ1v) is 6.28. The predicted molar refractivity (Wildman–Crippen MR) is 73.5 cm³/mol. The zero-order valence-corrected chi connectivity index (χ0v) is 10.8. The molecule has 0 aromatic carbocycles. The molecule has 0 aliphatic carbocycles. The lowest BCUT2D eigenvalue weighted by molar-refractivity contribution is 0.241. The second-order valence-electron chi connectivity index (χ2n) is 4.79. The summed E-state index contributed by atoms with van der Waals surface area (Å²) in [5.74, 6) is 0.433. The van der Waals surface area contributed by atoms with Gasteiger partial charge in [0.05, 0.1) is 11.3 Å². The van der Waals surface area contributed by atoms with Crippen molar-refractivity contribution in [3.8, 4) is 0 Å². The number of hydrogen-bond donors (Lipinski definition) is 3. The fourth-order valence-electron chi connectivity index (χ4n) is 2.34. The van der Waals surface area contributed by atoms with E-state index in [9.17, 15) is 4.79 Å². The van der Waals surface area contributed by atoms with Gasteiger partial charge in [-0.1, -0.05) is 0 Å². The summed E-state index contributed by atoms with van der Waals surface area (Å²) in [6.07, 6.45) is 4.10. The molecule has 2 aromatic rings. The van der Waals surface area contributed by atoms with Crippen LogP contribution in [-0.4, -0.2) is 31.4 Å². The van der Waals surface area contributed by atoms with E-state index in [1.54, 1.807) is 12.4 Å². The fourth-order valence-corrected chi connectivity index (χ4v) is 2.34. The normalized spacial score (nSPS) is 15.0. The Kier molecular flexibility index (Phi) is 3.07. The standard InChI is InChI=1S/C12H15N7O/c13-11-15-3-7(4-16-11)5-19-2-1-9-8(6-19)10(20)18-12(14)17-9/h3-4H,1-2,5-6H2,(H2,13,15,16)(H3,14,17,18,20). The van der Waals surface area contributed by atoms with Crippen LogP contribution in [0.4, 0.5) is 11.9 Å². The number of nitrogens with one attached hydrogen (secondary N) is 1. The van der Waals surface area contributed by atoms with E-state index in [0.29, 0.717) is 25.1 Å². The minimum Gasteiger partial charge on any atom is -0.369 e. The van der Waals surface area contributed by atoms with Crippen LogP contribution in [0.2, 0.25) is 0 Å². The molecule has 0 spiro atoms. The molecular formula is C12H15N7O. The lowest BCUT2D eigenvalue weighted by Crippen LogP contribution is -2.35. The summed E-state index contributed by atoms with van der Waals surface area (Å²) < 4.78 is 0. The van der Waals surface area contributed by atoms with Gasteiger partial charge in [0.1, 0.15) is 0 Å². The van der Waals surface area contributed by atoms with Gasteiger partial charge in [0, 0.05) is 44.0 Å². The molecule has 0 saturated carbocycles. The van der Waals surface area contributed by atoms with Gasteiger partial charge >= 0.3 is 0 Å². The van der Waals surface area contributed by atoms with E-state index < -0.39 is 0 Å². The summed E-state index contributed by atoms with van der Waals surface area (Å²) in [4.78, 5) is 28.7.